The lowest BCUT2D eigenvalue weighted by Gasteiger charge is -2.36. The van der Waals surface area contributed by atoms with Crippen LogP contribution < -0.4 is 31.9 Å². The number of oxazole rings is 2. The van der Waals surface area contributed by atoms with E-state index >= 15 is 0 Å². The average molecular weight is 1010 g/mol. The number of nitrogens with zero attached hydrogens (tertiary/aromatic N) is 7. The summed E-state index contributed by atoms with van der Waals surface area (Å²) >= 11 is 6.89. The molecule has 1 unspecified atom stereocenters. The molecular weight excluding hydrogens is 962 g/mol. The second-order valence-electron chi connectivity index (χ2n) is 15.3. The van der Waals surface area contributed by atoms with E-state index in [0.29, 0.717) is 81.2 Å². The standard InChI is InChI=1S/C19H25BrN6O4S.C19H24BrN5O4S/c1-24-5-4-14(11-24)31(28,29)26-8-6-25(7-9-26)13-2-3-15(20)16(10-13)22-18(27)17-12-30-19(21)23-17;20-15-6-5-13(11-16(15)22-18(26)17-12-29-19(21)23-17)24-7-9-25(10-8-24)30(27,28)14-3-1-2-4-14/h2-3,10,12,14H,4-9,11H2,1H3,(H2,21,23)(H,22,27);5-6,11-12,14H,1-4,7-10H2,(H2,21,23)(H,22,26). The van der Waals surface area contributed by atoms with Gasteiger partial charge in [-0.15, -0.1) is 0 Å². The highest BCUT2D eigenvalue weighted by molar-refractivity contribution is 9.11. The Labute approximate surface area is 371 Å². The number of nitrogen functional groups attached to an aromatic ring is 2. The van der Waals surface area contributed by atoms with Gasteiger partial charge < -0.3 is 45.6 Å². The highest BCUT2D eigenvalue weighted by atomic mass is 79.9. The van der Waals surface area contributed by atoms with Gasteiger partial charge in [-0.3, -0.25) is 9.59 Å². The Morgan fingerprint density at radius 2 is 1.08 bits per heavy atom. The lowest BCUT2D eigenvalue weighted by atomic mass is 10.2. The van der Waals surface area contributed by atoms with Gasteiger partial charge in [0.25, 0.3) is 23.8 Å². The fraction of sp³-hybridized carbons (Fsp3) is 0.474. The number of aromatic nitrogens is 2. The third kappa shape index (κ3) is 10.5. The molecule has 3 aliphatic heterocycles. The summed E-state index contributed by atoms with van der Waals surface area (Å²) in [5.74, 6) is -0.864. The minimum atomic E-state index is -3.29. The van der Waals surface area contributed by atoms with Crippen LogP contribution in [0, 0.1) is 0 Å². The number of likely N-dealkylation sites (tertiary alicyclic amines) is 1. The van der Waals surface area contributed by atoms with Gasteiger partial charge in [-0.25, -0.2) is 16.8 Å². The molecule has 61 heavy (non-hydrogen) atoms. The van der Waals surface area contributed by atoms with Crippen LogP contribution in [-0.2, 0) is 20.0 Å². The van der Waals surface area contributed by atoms with Crippen molar-refractivity contribution in [2.75, 3.05) is 104 Å². The Hall–Kier alpha value is -4.26. The quantitative estimate of drug-likeness (QED) is 0.175. The Morgan fingerprint density at radius 3 is 1.46 bits per heavy atom. The van der Waals surface area contributed by atoms with Crippen molar-refractivity contribution in [2.24, 2.45) is 0 Å². The van der Waals surface area contributed by atoms with E-state index in [0.717, 1.165) is 48.1 Å². The van der Waals surface area contributed by atoms with E-state index in [9.17, 15) is 26.4 Å². The highest BCUT2D eigenvalue weighted by Gasteiger charge is 2.38. The molecular formula is C38H49Br2N11O8S2. The topological polar surface area (TPSA) is 247 Å². The van der Waals surface area contributed by atoms with Crippen LogP contribution in [0.1, 0.15) is 53.1 Å². The molecule has 0 bridgehead atoms. The molecule has 2 aromatic heterocycles. The largest absolute Gasteiger partial charge is 0.431 e. The van der Waals surface area contributed by atoms with Gasteiger partial charge in [0.05, 0.1) is 21.9 Å². The number of carbonyl (C=O) groups excluding carboxylic acids is 2. The van der Waals surface area contributed by atoms with Crippen molar-refractivity contribution in [1.82, 2.24) is 23.5 Å². The fourth-order valence-corrected chi connectivity index (χ4v) is 12.6. The number of amides is 2. The van der Waals surface area contributed by atoms with Crippen molar-refractivity contribution in [2.45, 2.75) is 42.6 Å². The fourth-order valence-electron chi connectivity index (χ4n) is 7.92. The molecule has 0 spiro atoms. The molecule has 1 aliphatic carbocycles. The molecule has 330 valence electrons. The van der Waals surface area contributed by atoms with Gasteiger partial charge in [-0.1, -0.05) is 12.8 Å². The van der Waals surface area contributed by atoms with Crippen molar-refractivity contribution in [3.05, 3.63) is 69.3 Å². The summed E-state index contributed by atoms with van der Waals surface area (Å²) < 4.78 is 66.0. The van der Waals surface area contributed by atoms with E-state index in [-0.39, 0.29) is 33.9 Å². The van der Waals surface area contributed by atoms with Crippen LogP contribution in [0.25, 0.3) is 0 Å². The molecule has 23 heteroatoms. The minimum absolute atomic E-state index is 0.0709. The number of nitrogens with one attached hydrogen (secondary N) is 2. The van der Waals surface area contributed by atoms with Gasteiger partial charge in [0.2, 0.25) is 20.0 Å². The molecule has 2 aromatic carbocycles. The Kier molecular flexibility index (Phi) is 14.0. The molecule has 3 saturated heterocycles. The Bertz CT molecular complexity index is 2430. The van der Waals surface area contributed by atoms with Crippen LogP contribution in [0.3, 0.4) is 0 Å². The van der Waals surface area contributed by atoms with Crippen LogP contribution in [0.5, 0.6) is 0 Å². The number of hydrogen-bond donors (Lipinski definition) is 4. The molecule has 5 heterocycles. The second kappa shape index (κ2) is 19.0. The third-order valence-electron chi connectivity index (χ3n) is 11.3. The summed E-state index contributed by atoms with van der Waals surface area (Å²) in [5, 5.41) is 5.05. The number of halogens is 2. The number of carbonyl (C=O) groups is 2. The van der Waals surface area contributed by atoms with E-state index in [1.165, 1.54) is 12.5 Å². The third-order valence-corrected chi connectivity index (χ3v) is 17.4. The number of sulfonamides is 2. The first kappa shape index (κ1) is 44.8. The zero-order valence-corrected chi connectivity index (χ0v) is 38.3. The minimum Gasteiger partial charge on any atom is -0.431 e. The van der Waals surface area contributed by atoms with Crippen LogP contribution >= 0.6 is 31.9 Å². The zero-order chi connectivity index (χ0) is 43.5. The van der Waals surface area contributed by atoms with Crippen molar-refractivity contribution >= 4 is 98.5 Å². The highest BCUT2D eigenvalue weighted by Crippen LogP contribution is 2.33. The molecule has 0 radical (unpaired) electrons. The van der Waals surface area contributed by atoms with E-state index < -0.39 is 31.9 Å². The summed E-state index contributed by atoms with van der Waals surface area (Å²) in [7, 11) is -4.54. The molecule has 4 fully saturated rings. The van der Waals surface area contributed by atoms with Gasteiger partial charge in [0.15, 0.2) is 11.4 Å². The molecule has 4 aliphatic rings. The molecule has 19 nitrogen and oxygen atoms in total. The van der Waals surface area contributed by atoms with Crippen LogP contribution in [0.4, 0.5) is 34.8 Å². The Morgan fingerprint density at radius 1 is 0.656 bits per heavy atom. The number of anilines is 6. The predicted molar refractivity (Wildman–Crippen MR) is 240 cm³/mol. The maximum absolute atomic E-state index is 12.9. The molecule has 6 N–H and O–H groups in total. The summed E-state index contributed by atoms with van der Waals surface area (Å²) in [5.41, 5.74) is 14.0. The van der Waals surface area contributed by atoms with E-state index in [1.54, 1.807) is 8.61 Å². The average Bonchev–Trinajstić information content (AvgIpc) is 4.10. The first-order valence-corrected chi connectivity index (χ1v) is 24.5. The van der Waals surface area contributed by atoms with Gasteiger partial charge in [0, 0.05) is 79.2 Å². The van der Waals surface area contributed by atoms with Crippen LogP contribution in [0.15, 0.2) is 66.7 Å². The zero-order valence-electron chi connectivity index (χ0n) is 33.5. The van der Waals surface area contributed by atoms with Crippen molar-refractivity contribution in [3.8, 4) is 0 Å². The van der Waals surface area contributed by atoms with Gasteiger partial charge >= 0.3 is 0 Å². The normalized spacial score (nSPS) is 19.8. The van der Waals surface area contributed by atoms with Crippen LogP contribution in [0.2, 0.25) is 0 Å². The molecule has 4 aromatic rings. The van der Waals surface area contributed by atoms with Gasteiger partial charge in [-0.2, -0.15) is 18.6 Å². The smallest absolute Gasteiger partial charge is 0.292 e. The van der Waals surface area contributed by atoms with Crippen molar-refractivity contribution < 1.29 is 35.3 Å². The maximum atomic E-state index is 12.9. The van der Waals surface area contributed by atoms with E-state index in [1.807, 2.05) is 43.4 Å². The van der Waals surface area contributed by atoms with Gasteiger partial charge in [-0.05, 0) is 101 Å². The summed E-state index contributed by atoms with van der Waals surface area (Å²) in [6.07, 6.45) is 6.63. The lowest BCUT2D eigenvalue weighted by Crippen LogP contribution is -2.51. The number of benzene rings is 2. The van der Waals surface area contributed by atoms with E-state index in [4.69, 9.17) is 20.3 Å². The Balaban J connectivity index is 0.000000184. The summed E-state index contributed by atoms with van der Waals surface area (Å²) in [6.45, 7) is 5.59. The van der Waals surface area contributed by atoms with E-state index in [2.05, 4.69) is 67.2 Å². The lowest BCUT2D eigenvalue weighted by molar-refractivity contribution is 0.101. The number of piperazine rings is 2. The van der Waals surface area contributed by atoms with Crippen molar-refractivity contribution in [1.29, 1.82) is 0 Å². The second-order valence-corrected chi connectivity index (χ2v) is 21.5. The van der Waals surface area contributed by atoms with Crippen molar-refractivity contribution in [3.63, 3.8) is 0 Å². The summed E-state index contributed by atoms with van der Waals surface area (Å²) in [6, 6.07) is 11.1. The number of hydrogen-bond acceptors (Lipinski definition) is 15. The monoisotopic (exact) mass is 1010 g/mol. The first-order valence-electron chi connectivity index (χ1n) is 19.9. The summed E-state index contributed by atoms with van der Waals surface area (Å²) in [4.78, 5) is 38.7. The van der Waals surface area contributed by atoms with Gasteiger partial charge in [0.1, 0.15) is 12.5 Å². The molecule has 1 atom stereocenters. The first-order chi connectivity index (χ1) is 29.1. The van der Waals surface area contributed by atoms with Crippen LogP contribution in [-0.4, -0.2) is 135 Å². The number of rotatable bonds is 10. The molecule has 2 amide bonds. The molecule has 1 saturated carbocycles. The molecule has 8 rings (SSSR count). The maximum Gasteiger partial charge on any atom is 0.292 e. The SMILES string of the molecule is CN1CCC(S(=O)(=O)N2CCN(c3ccc(Br)c(NC(=O)c4coc(N)n4)c3)CC2)C1.Nc1nc(C(=O)Nc2cc(N3CCN(S(=O)(=O)C4CCCC4)CC3)ccc2Br)co1. The predicted octanol–water partition coefficient (Wildman–Crippen LogP) is 4.09. The number of nitrogens with two attached hydrogens (primary N) is 2.